The second-order valence-electron chi connectivity index (χ2n) is 8.49. The number of likely N-dealkylation sites (N-methyl/N-ethyl adjacent to an activating group) is 1. The van der Waals surface area contributed by atoms with Crippen molar-refractivity contribution >= 4 is 28.4 Å². The van der Waals surface area contributed by atoms with E-state index >= 15 is 0 Å². The van der Waals surface area contributed by atoms with Gasteiger partial charge in [0, 0.05) is 61.7 Å². The van der Waals surface area contributed by atoms with Gasteiger partial charge in [0.05, 0.1) is 0 Å². The van der Waals surface area contributed by atoms with E-state index in [-0.39, 0.29) is 5.56 Å². The molecule has 1 saturated carbocycles. The molecule has 30 heavy (non-hydrogen) atoms. The van der Waals surface area contributed by atoms with E-state index in [1.54, 1.807) is 22.9 Å². The van der Waals surface area contributed by atoms with E-state index in [0.717, 1.165) is 56.1 Å². The Hall–Kier alpha value is -2.93. The smallest absolute Gasteiger partial charge is 0.252 e. The molecule has 1 saturated heterocycles. The van der Waals surface area contributed by atoms with E-state index in [0.29, 0.717) is 11.6 Å². The fourth-order valence-corrected chi connectivity index (χ4v) is 4.02. The summed E-state index contributed by atoms with van der Waals surface area (Å²) in [6.07, 6.45) is 5.40. The van der Waals surface area contributed by atoms with Crippen molar-refractivity contribution in [2.75, 3.05) is 43.4 Å². The van der Waals surface area contributed by atoms with E-state index in [1.165, 1.54) is 18.5 Å². The molecule has 156 valence electrons. The van der Waals surface area contributed by atoms with Gasteiger partial charge in [-0.05, 0) is 49.7 Å². The van der Waals surface area contributed by atoms with Crippen molar-refractivity contribution in [3.8, 4) is 0 Å². The molecule has 5 rings (SSSR count). The fourth-order valence-electron chi connectivity index (χ4n) is 4.02. The Bertz CT molecular complexity index is 1080. The highest BCUT2D eigenvalue weighted by Crippen LogP contribution is 2.32. The van der Waals surface area contributed by atoms with Crippen molar-refractivity contribution in [1.82, 2.24) is 19.4 Å². The zero-order chi connectivity index (χ0) is 20.5. The number of piperazine rings is 1. The summed E-state index contributed by atoms with van der Waals surface area (Å²) in [7, 11) is 2.17. The van der Waals surface area contributed by atoms with Crippen LogP contribution in [0.1, 0.15) is 19.3 Å². The molecule has 7 nitrogen and oxygen atoms in total. The number of aromatic nitrogens is 3. The summed E-state index contributed by atoms with van der Waals surface area (Å²) in [5, 5.41) is 4.18. The second-order valence-corrected chi connectivity index (χ2v) is 8.49. The molecule has 0 unspecified atom stereocenters. The standard InChI is InChI=1S/C23H28N6O/c1-27-12-14-28(15-13-27)20-7-5-19(6-8-20)25-23-24-16-18-4-9-21(30)29(22(18)26-23)11-10-17-2-3-17/h4-9,16-17H,2-3,10-15H2,1H3,(H,24,25,26). The van der Waals surface area contributed by atoms with Gasteiger partial charge >= 0.3 is 0 Å². The van der Waals surface area contributed by atoms with Crippen molar-refractivity contribution in [2.24, 2.45) is 5.92 Å². The van der Waals surface area contributed by atoms with Gasteiger partial charge in [0.1, 0.15) is 5.65 Å². The minimum atomic E-state index is 0.00401. The fraction of sp³-hybridized carbons (Fsp3) is 0.435. The molecule has 3 heterocycles. The van der Waals surface area contributed by atoms with Gasteiger partial charge in [0.2, 0.25) is 5.95 Å². The molecule has 1 aromatic carbocycles. The second kappa shape index (κ2) is 8.07. The first-order valence-electron chi connectivity index (χ1n) is 10.8. The van der Waals surface area contributed by atoms with Gasteiger partial charge in [-0.15, -0.1) is 0 Å². The Morgan fingerprint density at radius 1 is 1.03 bits per heavy atom. The first-order valence-corrected chi connectivity index (χ1v) is 10.8. The molecule has 0 radical (unpaired) electrons. The monoisotopic (exact) mass is 404 g/mol. The lowest BCUT2D eigenvalue weighted by molar-refractivity contribution is 0.313. The predicted octanol–water partition coefficient (Wildman–Crippen LogP) is 3.09. The Labute approximate surface area is 176 Å². The molecule has 2 aliphatic rings. The number of hydrogen-bond donors (Lipinski definition) is 1. The van der Waals surface area contributed by atoms with Gasteiger partial charge in [-0.3, -0.25) is 9.36 Å². The SMILES string of the molecule is CN1CCN(c2ccc(Nc3ncc4ccc(=O)n(CCC5CC5)c4n3)cc2)CC1. The van der Waals surface area contributed by atoms with Gasteiger partial charge in [-0.25, -0.2) is 4.98 Å². The molecule has 1 aliphatic carbocycles. The lowest BCUT2D eigenvalue weighted by atomic mass is 10.2. The number of rotatable bonds is 6. The first-order chi connectivity index (χ1) is 14.7. The molecule has 1 N–H and O–H groups in total. The largest absolute Gasteiger partial charge is 0.369 e. The van der Waals surface area contributed by atoms with Crippen molar-refractivity contribution < 1.29 is 0 Å². The molecule has 1 aliphatic heterocycles. The third kappa shape index (κ3) is 4.16. The summed E-state index contributed by atoms with van der Waals surface area (Å²) in [4.78, 5) is 26.3. The van der Waals surface area contributed by atoms with Crippen molar-refractivity contribution in [3.05, 3.63) is 52.9 Å². The van der Waals surface area contributed by atoms with Crippen LogP contribution in [0.4, 0.5) is 17.3 Å². The summed E-state index contributed by atoms with van der Waals surface area (Å²) < 4.78 is 1.79. The summed E-state index contributed by atoms with van der Waals surface area (Å²) >= 11 is 0. The average Bonchev–Trinajstić information content (AvgIpc) is 3.59. The van der Waals surface area contributed by atoms with Crippen LogP contribution in [-0.4, -0.2) is 52.7 Å². The molecular weight excluding hydrogens is 376 g/mol. The topological polar surface area (TPSA) is 66.3 Å². The number of hydrogen-bond acceptors (Lipinski definition) is 6. The highest BCUT2D eigenvalue weighted by Gasteiger charge is 2.21. The molecule has 0 spiro atoms. The highest BCUT2D eigenvalue weighted by molar-refractivity contribution is 5.75. The summed E-state index contributed by atoms with van der Waals surface area (Å²) in [6.45, 7) is 5.00. The first kappa shape index (κ1) is 19.1. The van der Waals surface area contributed by atoms with Crippen molar-refractivity contribution in [1.29, 1.82) is 0 Å². The quantitative estimate of drug-likeness (QED) is 0.681. The number of nitrogens with zero attached hydrogens (tertiary/aromatic N) is 5. The van der Waals surface area contributed by atoms with Crippen LogP contribution in [0, 0.1) is 5.92 Å². The maximum absolute atomic E-state index is 12.4. The number of pyridine rings is 1. The van der Waals surface area contributed by atoms with Gasteiger partial charge in [0.25, 0.3) is 5.56 Å². The summed E-state index contributed by atoms with van der Waals surface area (Å²) in [5.74, 6) is 1.28. The number of nitrogens with one attached hydrogen (secondary N) is 1. The highest BCUT2D eigenvalue weighted by atomic mass is 16.1. The van der Waals surface area contributed by atoms with Crippen LogP contribution < -0.4 is 15.8 Å². The number of anilines is 3. The van der Waals surface area contributed by atoms with Gasteiger partial charge in [-0.2, -0.15) is 4.98 Å². The van der Waals surface area contributed by atoms with Crippen LogP contribution in [0.3, 0.4) is 0 Å². The molecule has 2 fully saturated rings. The third-order valence-electron chi connectivity index (χ3n) is 6.17. The van der Waals surface area contributed by atoms with Crippen LogP contribution in [0.2, 0.25) is 0 Å². The zero-order valence-corrected chi connectivity index (χ0v) is 17.4. The van der Waals surface area contributed by atoms with Gasteiger partial charge in [0.15, 0.2) is 0 Å². The minimum absolute atomic E-state index is 0.00401. The Morgan fingerprint density at radius 2 is 1.80 bits per heavy atom. The number of benzene rings is 1. The number of fused-ring (bicyclic) bond motifs is 1. The van der Waals surface area contributed by atoms with E-state index in [2.05, 4.69) is 56.4 Å². The molecule has 3 aromatic rings. The van der Waals surface area contributed by atoms with Crippen LogP contribution >= 0.6 is 0 Å². The summed E-state index contributed by atoms with van der Waals surface area (Å²) in [5.41, 5.74) is 2.89. The molecule has 7 heteroatoms. The molecule has 0 amide bonds. The zero-order valence-electron chi connectivity index (χ0n) is 17.4. The van der Waals surface area contributed by atoms with E-state index in [1.807, 2.05) is 0 Å². The normalized spacial score (nSPS) is 17.4. The van der Waals surface area contributed by atoms with Gasteiger partial charge in [-0.1, -0.05) is 12.8 Å². The third-order valence-corrected chi connectivity index (χ3v) is 6.17. The van der Waals surface area contributed by atoms with Crippen LogP contribution in [0.25, 0.3) is 11.0 Å². The summed E-state index contributed by atoms with van der Waals surface area (Å²) in [6, 6.07) is 11.8. The average molecular weight is 405 g/mol. The lowest BCUT2D eigenvalue weighted by Gasteiger charge is -2.34. The molecule has 2 aromatic heterocycles. The van der Waals surface area contributed by atoms with E-state index < -0.39 is 0 Å². The molecular formula is C23H28N6O. The minimum Gasteiger partial charge on any atom is -0.369 e. The Morgan fingerprint density at radius 3 is 2.53 bits per heavy atom. The maximum Gasteiger partial charge on any atom is 0.252 e. The predicted molar refractivity (Wildman–Crippen MR) is 121 cm³/mol. The van der Waals surface area contributed by atoms with Crippen LogP contribution in [0.5, 0.6) is 0 Å². The van der Waals surface area contributed by atoms with Crippen molar-refractivity contribution in [2.45, 2.75) is 25.8 Å². The maximum atomic E-state index is 12.4. The van der Waals surface area contributed by atoms with E-state index in [4.69, 9.17) is 0 Å². The van der Waals surface area contributed by atoms with E-state index in [9.17, 15) is 4.79 Å². The van der Waals surface area contributed by atoms with Crippen LogP contribution in [-0.2, 0) is 6.54 Å². The number of aryl methyl sites for hydroxylation is 1. The van der Waals surface area contributed by atoms with Crippen LogP contribution in [0.15, 0.2) is 47.4 Å². The van der Waals surface area contributed by atoms with Gasteiger partial charge < -0.3 is 15.1 Å². The Balaban J connectivity index is 1.34. The Kier molecular flexibility index (Phi) is 5.12. The molecule has 0 bridgehead atoms. The molecule has 0 atom stereocenters. The van der Waals surface area contributed by atoms with Crippen molar-refractivity contribution in [3.63, 3.8) is 0 Å². The lowest BCUT2D eigenvalue weighted by Crippen LogP contribution is -2.44.